The van der Waals surface area contributed by atoms with Crippen molar-refractivity contribution in [3.8, 4) is 0 Å². The van der Waals surface area contributed by atoms with E-state index in [-0.39, 0.29) is 0 Å². The molecule has 0 aliphatic rings. The summed E-state index contributed by atoms with van der Waals surface area (Å²) >= 11 is 0. The molecule has 0 aliphatic heterocycles. The minimum atomic E-state index is -0.941. The maximum Gasteiger partial charge on any atom is 0.328 e. The van der Waals surface area contributed by atoms with Gasteiger partial charge < -0.3 is 5.11 Å². The van der Waals surface area contributed by atoms with Crippen molar-refractivity contribution in [1.82, 2.24) is 0 Å². The highest BCUT2D eigenvalue weighted by atomic mass is 16.4. The van der Waals surface area contributed by atoms with Gasteiger partial charge in [0.25, 0.3) is 0 Å². The Hall–Kier alpha value is -1.31. The van der Waals surface area contributed by atoms with E-state index in [0.29, 0.717) is 0 Å². The Morgan fingerprint density at radius 2 is 2.00 bits per heavy atom. The predicted octanol–water partition coefficient (Wildman–Crippen LogP) is 1.37. The highest BCUT2D eigenvalue weighted by Gasteiger charge is 1.78. The molecule has 0 saturated carbocycles. The molecular formula is C7H8O2. The standard InChI is InChI=1S/C7H8O2/c1-2-3-4-5-6-7(8)9/h2-6H,1H2,(H,8,9)/b4-3+,6-5+. The number of carboxylic acids is 1. The van der Waals surface area contributed by atoms with Crippen LogP contribution in [0.1, 0.15) is 0 Å². The van der Waals surface area contributed by atoms with Crippen molar-refractivity contribution in [1.29, 1.82) is 0 Å². The van der Waals surface area contributed by atoms with Crippen molar-refractivity contribution in [3.63, 3.8) is 0 Å². The normalized spacial score (nSPS) is 10.7. The number of aliphatic carboxylic acids is 1. The number of hydrogen-bond acceptors (Lipinski definition) is 1. The van der Waals surface area contributed by atoms with Gasteiger partial charge >= 0.3 is 5.97 Å². The molecule has 2 nitrogen and oxygen atoms in total. The van der Waals surface area contributed by atoms with Crippen LogP contribution in [0.25, 0.3) is 0 Å². The lowest BCUT2D eigenvalue weighted by Gasteiger charge is -1.72. The lowest BCUT2D eigenvalue weighted by molar-refractivity contribution is -0.131. The molecular weight excluding hydrogens is 116 g/mol. The summed E-state index contributed by atoms with van der Waals surface area (Å²) in [7, 11) is 0. The summed E-state index contributed by atoms with van der Waals surface area (Å²) in [5.74, 6) is -0.941. The summed E-state index contributed by atoms with van der Waals surface area (Å²) in [6.45, 7) is 3.41. The van der Waals surface area contributed by atoms with Gasteiger partial charge in [-0.25, -0.2) is 4.79 Å². The summed E-state index contributed by atoms with van der Waals surface area (Å²) in [6.07, 6.45) is 7.32. The van der Waals surface area contributed by atoms with Gasteiger partial charge in [0, 0.05) is 6.08 Å². The monoisotopic (exact) mass is 124 g/mol. The number of allylic oxidation sites excluding steroid dienone is 4. The van der Waals surface area contributed by atoms with Gasteiger partial charge in [0.1, 0.15) is 0 Å². The Morgan fingerprint density at radius 3 is 2.44 bits per heavy atom. The Morgan fingerprint density at radius 1 is 1.33 bits per heavy atom. The molecule has 0 heterocycles. The molecule has 0 spiro atoms. The summed E-state index contributed by atoms with van der Waals surface area (Å²) in [5.41, 5.74) is 0. The molecule has 0 radical (unpaired) electrons. The first-order valence-electron chi connectivity index (χ1n) is 2.46. The van der Waals surface area contributed by atoms with Gasteiger partial charge in [0.15, 0.2) is 0 Å². The fourth-order valence-corrected chi connectivity index (χ4v) is 0.281. The van der Waals surface area contributed by atoms with Gasteiger partial charge in [-0.15, -0.1) is 0 Å². The van der Waals surface area contributed by atoms with Gasteiger partial charge in [0.2, 0.25) is 0 Å². The quantitative estimate of drug-likeness (QED) is 0.455. The van der Waals surface area contributed by atoms with Crippen LogP contribution in [0.2, 0.25) is 0 Å². The molecule has 48 valence electrons. The molecule has 0 aromatic rings. The lowest BCUT2D eigenvalue weighted by Crippen LogP contribution is -1.83. The zero-order valence-electron chi connectivity index (χ0n) is 4.95. The fraction of sp³-hybridized carbons (Fsp3) is 0. The van der Waals surface area contributed by atoms with Crippen molar-refractivity contribution in [3.05, 3.63) is 37.0 Å². The van der Waals surface area contributed by atoms with E-state index in [9.17, 15) is 4.79 Å². The average Bonchev–Trinajstić information content (AvgIpc) is 1.80. The molecule has 0 aliphatic carbocycles. The smallest absolute Gasteiger partial charge is 0.328 e. The molecule has 0 saturated heterocycles. The molecule has 0 amide bonds. The van der Waals surface area contributed by atoms with E-state index in [1.165, 1.54) is 6.08 Å². The second-order valence-electron chi connectivity index (χ2n) is 1.32. The van der Waals surface area contributed by atoms with E-state index < -0.39 is 5.97 Å². The van der Waals surface area contributed by atoms with Crippen molar-refractivity contribution < 1.29 is 9.90 Å². The van der Waals surface area contributed by atoms with Crippen LogP contribution in [0, 0.1) is 0 Å². The van der Waals surface area contributed by atoms with E-state index in [1.807, 2.05) is 0 Å². The van der Waals surface area contributed by atoms with Gasteiger partial charge in [-0.2, -0.15) is 0 Å². The van der Waals surface area contributed by atoms with E-state index in [2.05, 4.69) is 6.58 Å². The summed E-state index contributed by atoms with van der Waals surface area (Å²) in [6, 6.07) is 0. The molecule has 0 atom stereocenters. The number of carboxylic acid groups (broad SMARTS) is 1. The van der Waals surface area contributed by atoms with Crippen molar-refractivity contribution in [2.45, 2.75) is 0 Å². The third-order valence-electron chi connectivity index (χ3n) is 0.597. The first-order chi connectivity index (χ1) is 4.27. The highest BCUT2D eigenvalue weighted by molar-refractivity contribution is 5.80. The Bertz CT molecular complexity index is 154. The van der Waals surface area contributed by atoms with Crippen LogP contribution in [-0.4, -0.2) is 11.1 Å². The molecule has 0 unspecified atom stereocenters. The van der Waals surface area contributed by atoms with E-state index in [1.54, 1.807) is 18.2 Å². The second kappa shape index (κ2) is 4.84. The zero-order valence-corrected chi connectivity index (χ0v) is 4.95. The van der Waals surface area contributed by atoms with Crippen LogP contribution in [0.15, 0.2) is 37.0 Å². The summed E-state index contributed by atoms with van der Waals surface area (Å²) in [4.78, 5) is 9.82. The molecule has 9 heavy (non-hydrogen) atoms. The Kier molecular flexibility index (Phi) is 4.14. The van der Waals surface area contributed by atoms with Gasteiger partial charge in [0.05, 0.1) is 0 Å². The molecule has 0 bridgehead atoms. The van der Waals surface area contributed by atoms with E-state index in [4.69, 9.17) is 5.11 Å². The topological polar surface area (TPSA) is 37.3 Å². The van der Waals surface area contributed by atoms with Crippen LogP contribution in [0.4, 0.5) is 0 Å². The summed E-state index contributed by atoms with van der Waals surface area (Å²) < 4.78 is 0. The molecule has 2 heteroatoms. The first-order valence-corrected chi connectivity index (χ1v) is 2.46. The SMILES string of the molecule is C=C/C=C/C=C/C(=O)O. The fourth-order valence-electron chi connectivity index (χ4n) is 0.281. The van der Waals surface area contributed by atoms with Gasteiger partial charge in [-0.3, -0.25) is 0 Å². The maximum absolute atomic E-state index is 9.82. The van der Waals surface area contributed by atoms with Crippen LogP contribution in [0.5, 0.6) is 0 Å². The minimum absolute atomic E-state index is 0.941. The first kappa shape index (κ1) is 7.69. The number of rotatable bonds is 3. The van der Waals surface area contributed by atoms with Crippen LogP contribution >= 0.6 is 0 Å². The number of hydrogen-bond donors (Lipinski definition) is 1. The minimum Gasteiger partial charge on any atom is -0.478 e. The largest absolute Gasteiger partial charge is 0.478 e. The molecule has 0 rings (SSSR count). The van der Waals surface area contributed by atoms with Gasteiger partial charge in [-0.1, -0.05) is 30.9 Å². The van der Waals surface area contributed by atoms with Crippen molar-refractivity contribution in [2.24, 2.45) is 0 Å². The highest BCUT2D eigenvalue weighted by Crippen LogP contribution is 1.76. The lowest BCUT2D eigenvalue weighted by atomic mass is 10.4. The third-order valence-corrected chi connectivity index (χ3v) is 0.597. The molecule has 1 N–H and O–H groups in total. The average molecular weight is 124 g/mol. The van der Waals surface area contributed by atoms with Gasteiger partial charge in [-0.05, 0) is 0 Å². The maximum atomic E-state index is 9.82. The third kappa shape index (κ3) is 6.69. The molecule has 0 aromatic heterocycles. The molecule has 0 aromatic carbocycles. The molecule has 0 fully saturated rings. The van der Waals surface area contributed by atoms with Crippen molar-refractivity contribution >= 4 is 5.97 Å². The Balaban J connectivity index is 3.59. The van der Waals surface area contributed by atoms with Crippen LogP contribution < -0.4 is 0 Å². The van der Waals surface area contributed by atoms with Crippen molar-refractivity contribution in [2.75, 3.05) is 0 Å². The van der Waals surface area contributed by atoms with Crippen LogP contribution in [0.3, 0.4) is 0 Å². The Labute approximate surface area is 53.8 Å². The summed E-state index contributed by atoms with van der Waals surface area (Å²) in [5, 5.41) is 8.07. The van der Waals surface area contributed by atoms with E-state index >= 15 is 0 Å². The zero-order chi connectivity index (χ0) is 7.11. The number of carbonyl (C=O) groups is 1. The van der Waals surface area contributed by atoms with E-state index in [0.717, 1.165) is 6.08 Å². The second-order valence-corrected chi connectivity index (χ2v) is 1.32. The predicted molar refractivity (Wildman–Crippen MR) is 36.1 cm³/mol. The van der Waals surface area contributed by atoms with Crippen LogP contribution in [-0.2, 0) is 4.79 Å².